The number of nitrogens with one attached hydrogen (secondary N) is 2. The Balaban J connectivity index is 1.64. The van der Waals surface area contributed by atoms with Crippen LogP contribution in [0.1, 0.15) is 78.7 Å². The molecule has 0 aliphatic rings. The third kappa shape index (κ3) is 6.83. The van der Waals surface area contributed by atoms with E-state index in [1.54, 1.807) is 18.2 Å². The molecule has 216 valence electrons. The van der Waals surface area contributed by atoms with Crippen LogP contribution in [0.2, 0.25) is 0 Å². The summed E-state index contributed by atoms with van der Waals surface area (Å²) in [7, 11) is 0. The van der Waals surface area contributed by atoms with Crippen LogP contribution in [0, 0.1) is 11.8 Å². The fraction of sp³-hybridized carbons (Fsp3) is 0.355. The first-order valence-electron chi connectivity index (χ1n) is 13.6. The standard InChI is InChI=1S/C31H37N5O4S/c1-18(2)17-40-30(39)36-29-23(16-24(41-29)28(38)34-31(5,6)22-10-8-7-9-11-22)26(35-36)33-27(37)21-14-12-20(13-15-21)25(32)19(3)4/h7-16,18-19,25H,17,32H2,1-6H3,(H,34,38)(H,33,35,37). The SMILES string of the molecule is CC(C)COC(=O)n1nc(NC(=O)c2ccc(C(N)C(C)C)cc2)c2cc(C(=O)NC(C)(C)c3ccccc3)sc21. The third-order valence-electron chi connectivity index (χ3n) is 6.73. The molecule has 0 bridgehead atoms. The molecule has 2 aromatic carbocycles. The average molecular weight is 576 g/mol. The van der Waals surface area contributed by atoms with Crippen LogP contribution in [0.5, 0.6) is 0 Å². The summed E-state index contributed by atoms with van der Waals surface area (Å²) in [6.07, 6.45) is -0.686. The highest BCUT2D eigenvalue weighted by Crippen LogP contribution is 2.33. The van der Waals surface area contributed by atoms with Crippen molar-refractivity contribution in [2.24, 2.45) is 17.6 Å². The van der Waals surface area contributed by atoms with Gasteiger partial charge in [0.15, 0.2) is 5.82 Å². The summed E-state index contributed by atoms with van der Waals surface area (Å²) in [5.41, 5.74) is 7.89. The minimum atomic E-state index is -0.686. The van der Waals surface area contributed by atoms with Gasteiger partial charge in [-0.2, -0.15) is 4.68 Å². The number of benzene rings is 2. The van der Waals surface area contributed by atoms with Crippen LogP contribution >= 0.6 is 11.3 Å². The predicted molar refractivity (Wildman–Crippen MR) is 162 cm³/mol. The number of carbonyl (C=O) groups excluding carboxylic acids is 3. The highest BCUT2D eigenvalue weighted by Gasteiger charge is 2.27. The highest BCUT2D eigenvalue weighted by molar-refractivity contribution is 7.20. The summed E-state index contributed by atoms with van der Waals surface area (Å²) < 4.78 is 6.51. The van der Waals surface area contributed by atoms with Crippen LogP contribution in [-0.4, -0.2) is 34.3 Å². The fourth-order valence-electron chi connectivity index (χ4n) is 4.23. The van der Waals surface area contributed by atoms with Gasteiger partial charge in [-0.3, -0.25) is 9.59 Å². The van der Waals surface area contributed by atoms with Gasteiger partial charge in [-0.15, -0.1) is 16.4 Å². The zero-order chi connectivity index (χ0) is 29.9. The summed E-state index contributed by atoms with van der Waals surface area (Å²) in [6, 6.07) is 18.2. The Kier molecular flexibility index (Phi) is 8.94. The number of nitrogens with two attached hydrogens (primary N) is 1. The molecular weight excluding hydrogens is 538 g/mol. The summed E-state index contributed by atoms with van der Waals surface area (Å²) in [4.78, 5) is 40.2. The fourth-order valence-corrected chi connectivity index (χ4v) is 5.22. The lowest BCUT2D eigenvalue weighted by molar-refractivity contribution is 0.0915. The van der Waals surface area contributed by atoms with Gasteiger partial charge in [-0.1, -0.05) is 70.2 Å². The monoisotopic (exact) mass is 575 g/mol. The van der Waals surface area contributed by atoms with Crippen molar-refractivity contribution < 1.29 is 19.1 Å². The number of ether oxygens (including phenoxy) is 1. The number of carbonyl (C=O) groups is 3. The van der Waals surface area contributed by atoms with Gasteiger partial charge in [-0.05, 0) is 55.0 Å². The lowest BCUT2D eigenvalue weighted by atomic mass is 9.94. The third-order valence-corrected chi connectivity index (χ3v) is 7.84. The molecule has 0 radical (unpaired) electrons. The molecule has 1 atom stereocenters. The lowest BCUT2D eigenvalue weighted by Crippen LogP contribution is -2.40. The van der Waals surface area contributed by atoms with Crippen LogP contribution < -0.4 is 16.4 Å². The minimum absolute atomic E-state index is 0.126. The summed E-state index contributed by atoms with van der Waals surface area (Å²) >= 11 is 1.10. The van der Waals surface area contributed by atoms with Crippen molar-refractivity contribution in [2.45, 2.75) is 53.1 Å². The van der Waals surface area contributed by atoms with Crippen molar-refractivity contribution in [1.29, 1.82) is 0 Å². The Hall–Kier alpha value is -4.02. The predicted octanol–water partition coefficient (Wildman–Crippen LogP) is 6.31. The molecule has 0 aliphatic carbocycles. The minimum Gasteiger partial charge on any atom is -0.448 e. The largest absolute Gasteiger partial charge is 0.448 e. The first-order chi connectivity index (χ1) is 19.4. The Morgan fingerprint density at radius 1 is 1.00 bits per heavy atom. The Morgan fingerprint density at radius 3 is 2.27 bits per heavy atom. The molecule has 0 saturated heterocycles. The van der Waals surface area contributed by atoms with Gasteiger partial charge in [0.2, 0.25) is 0 Å². The van der Waals surface area contributed by atoms with Crippen LogP contribution in [0.15, 0.2) is 60.7 Å². The highest BCUT2D eigenvalue weighted by atomic mass is 32.1. The molecule has 0 saturated carbocycles. The molecule has 2 heterocycles. The summed E-state index contributed by atoms with van der Waals surface area (Å²) in [5, 5.41) is 10.7. The molecule has 0 fully saturated rings. The normalized spacial score (nSPS) is 12.5. The van der Waals surface area contributed by atoms with E-state index in [1.807, 2.05) is 84.0 Å². The Morgan fingerprint density at radius 2 is 1.66 bits per heavy atom. The number of fused-ring (bicyclic) bond motifs is 1. The molecule has 2 aromatic heterocycles. The topological polar surface area (TPSA) is 128 Å². The number of hydrogen-bond donors (Lipinski definition) is 3. The van der Waals surface area contributed by atoms with Crippen molar-refractivity contribution in [3.63, 3.8) is 0 Å². The van der Waals surface area contributed by atoms with Crippen molar-refractivity contribution in [2.75, 3.05) is 11.9 Å². The van der Waals surface area contributed by atoms with Gasteiger partial charge in [0.05, 0.1) is 22.4 Å². The smallest absolute Gasteiger partial charge is 0.436 e. The van der Waals surface area contributed by atoms with E-state index in [0.717, 1.165) is 27.1 Å². The van der Waals surface area contributed by atoms with E-state index in [1.165, 1.54) is 0 Å². The Bertz CT molecular complexity index is 1540. The first kappa shape index (κ1) is 30.0. The van der Waals surface area contributed by atoms with E-state index in [2.05, 4.69) is 15.7 Å². The van der Waals surface area contributed by atoms with E-state index >= 15 is 0 Å². The van der Waals surface area contributed by atoms with Gasteiger partial charge in [0, 0.05) is 11.6 Å². The maximum Gasteiger partial charge on any atom is 0.436 e. The maximum absolute atomic E-state index is 13.3. The number of anilines is 1. The van der Waals surface area contributed by atoms with Gasteiger partial charge < -0.3 is 21.1 Å². The number of thiophene rings is 1. The number of aromatic nitrogens is 2. The first-order valence-corrected chi connectivity index (χ1v) is 14.4. The van der Waals surface area contributed by atoms with Crippen molar-refractivity contribution in [3.8, 4) is 0 Å². The van der Waals surface area contributed by atoms with Crippen molar-refractivity contribution in [1.82, 2.24) is 15.1 Å². The van der Waals surface area contributed by atoms with Gasteiger partial charge in [0.1, 0.15) is 4.83 Å². The second-order valence-electron chi connectivity index (χ2n) is 11.4. The molecule has 4 N–H and O–H groups in total. The van der Waals surface area contributed by atoms with Crippen LogP contribution in [0.4, 0.5) is 10.6 Å². The molecule has 1 unspecified atom stereocenters. The second-order valence-corrected chi connectivity index (χ2v) is 12.4. The molecule has 10 heteroatoms. The zero-order valence-corrected chi connectivity index (χ0v) is 25.0. The molecule has 9 nitrogen and oxygen atoms in total. The van der Waals surface area contributed by atoms with E-state index in [4.69, 9.17) is 10.5 Å². The molecule has 2 amide bonds. The van der Waals surface area contributed by atoms with Crippen LogP contribution in [0.3, 0.4) is 0 Å². The molecule has 4 aromatic rings. The van der Waals surface area contributed by atoms with E-state index in [9.17, 15) is 14.4 Å². The molecule has 41 heavy (non-hydrogen) atoms. The van der Waals surface area contributed by atoms with Crippen LogP contribution in [-0.2, 0) is 10.3 Å². The van der Waals surface area contributed by atoms with E-state index in [-0.39, 0.29) is 36.2 Å². The van der Waals surface area contributed by atoms with Gasteiger partial charge >= 0.3 is 6.09 Å². The number of nitrogens with zero attached hydrogens (tertiary/aromatic N) is 2. The summed E-state index contributed by atoms with van der Waals surface area (Å²) in [5.74, 6) is -0.172. The van der Waals surface area contributed by atoms with E-state index in [0.29, 0.717) is 20.7 Å². The van der Waals surface area contributed by atoms with Gasteiger partial charge in [-0.25, -0.2) is 4.79 Å². The molecule has 4 rings (SSSR count). The van der Waals surface area contributed by atoms with Crippen molar-refractivity contribution >= 4 is 45.3 Å². The Labute approximate surface area is 244 Å². The second kappa shape index (κ2) is 12.2. The van der Waals surface area contributed by atoms with E-state index < -0.39 is 17.5 Å². The average Bonchev–Trinajstić information content (AvgIpc) is 3.52. The lowest BCUT2D eigenvalue weighted by Gasteiger charge is -2.26. The molecule has 0 spiro atoms. The molecule has 0 aliphatic heterocycles. The number of hydrogen-bond acceptors (Lipinski definition) is 7. The quantitative estimate of drug-likeness (QED) is 0.214. The van der Waals surface area contributed by atoms with Crippen LogP contribution in [0.25, 0.3) is 10.2 Å². The summed E-state index contributed by atoms with van der Waals surface area (Å²) in [6.45, 7) is 12.0. The van der Waals surface area contributed by atoms with Gasteiger partial charge in [0.25, 0.3) is 11.8 Å². The number of rotatable bonds is 9. The van der Waals surface area contributed by atoms with Crippen molar-refractivity contribution in [3.05, 3.63) is 82.2 Å². The molecular formula is C31H37N5O4S. The zero-order valence-electron chi connectivity index (χ0n) is 24.2. The number of amides is 2. The maximum atomic E-state index is 13.3.